The molecule has 2 atom stereocenters. The summed E-state index contributed by atoms with van der Waals surface area (Å²) in [5.74, 6) is 0.817. The zero-order chi connectivity index (χ0) is 11.3. The van der Waals surface area contributed by atoms with Gasteiger partial charge in [-0.15, -0.1) is 0 Å². The molecule has 0 aromatic carbocycles. The van der Waals surface area contributed by atoms with Crippen molar-refractivity contribution < 1.29 is 5.11 Å². The molecule has 0 aromatic heterocycles. The van der Waals surface area contributed by atoms with Gasteiger partial charge in [-0.3, -0.25) is 0 Å². The van der Waals surface area contributed by atoms with E-state index in [1.807, 2.05) is 0 Å². The average molecular weight is 214 g/mol. The Hall–Kier alpha value is -0.120. The lowest BCUT2D eigenvalue weighted by atomic mass is 10.00. The van der Waals surface area contributed by atoms with Gasteiger partial charge in [0.05, 0.1) is 6.61 Å². The number of hydrogen-bond acceptors (Lipinski definition) is 3. The first-order chi connectivity index (χ1) is 7.11. The van der Waals surface area contributed by atoms with Gasteiger partial charge in [0.2, 0.25) is 0 Å². The van der Waals surface area contributed by atoms with Crippen LogP contribution < -0.4 is 5.32 Å². The van der Waals surface area contributed by atoms with Gasteiger partial charge in [0.1, 0.15) is 0 Å². The summed E-state index contributed by atoms with van der Waals surface area (Å²) >= 11 is 0. The van der Waals surface area contributed by atoms with E-state index < -0.39 is 0 Å². The monoisotopic (exact) mass is 214 g/mol. The van der Waals surface area contributed by atoms with E-state index in [1.54, 1.807) is 0 Å². The minimum absolute atomic E-state index is 0.232. The molecule has 1 heterocycles. The second kappa shape index (κ2) is 6.46. The van der Waals surface area contributed by atoms with E-state index in [1.165, 1.54) is 25.9 Å². The van der Waals surface area contributed by atoms with Gasteiger partial charge in [-0.05, 0) is 25.3 Å². The van der Waals surface area contributed by atoms with Crippen LogP contribution in [-0.4, -0.2) is 48.3 Å². The lowest BCUT2D eigenvalue weighted by Crippen LogP contribution is -2.48. The van der Waals surface area contributed by atoms with Crippen LogP contribution in [0.25, 0.3) is 0 Å². The average Bonchev–Trinajstić information content (AvgIpc) is 2.16. The van der Waals surface area contributed by atoms with Crippen molar-refractivity contribution in [2.45, 2.75) is 45.7 Å². The number of hydrogen-bond donors (Lipinski definition) is 2. The van der Waals surface area contributed by atoms with Crippen molar-refractivity contribution in [2.75, 3.05) is 26.2 Å². The summed E-state index contributed by atoms with van der Waals surface area (Å²) < 4.78 is 0. The Balaban J connectivity index is 2.30. The van der Waals surface area contributed by atoms with Gasteiger partial charge in [0.15, 0.2) is 0 Å². The molecule has 1 rings (SSSR count). The summed E-state index contributed by atoms with van der Waals surface area (Å²) in [6.45, 7) is 10.2. The molecule has 0 aliphatic carbocycles. The SMILES string of the molecule is CC1CCCN(CC(CO)NC(C)C)C1. The summed E-state index contributed by atoms with van der Waals surface area (Å²) in [5, 5.41) is 12.7. The molecular formula is C12H26N2O. The van der Waals surface area contributed by atoms with Crippen LogP contribution in [0.2, 0.25) is 0 Å². The molecule has 0 aromatic rings. The minimum atomic E-state index is 0.232. The Morgan fingerprint density at radius 1 is 1.47 bits per heavy atom. The largest absolute Gasteiger partial charge is 0.395 e. The molecule has 15 heavy (non-hydrogen) atoms. The summed E-state index contributed by atoms with van der Waals surface area (Å²) in [4.78, 5) is 2.48. The van der Waals surface area contributed by atoms with Crippen LogP contribution in [0.3, 0.4) is 0 Å². The molecule has 1 saturated heterocycles. The van der Waals surface area contributed by atoms with E-state index in [-0.39, 0.29) is 12.6 Å². The van der Waals surface area contributed by atoms with Gasteiger partial charge in [-0.25, -0.2) is 0 Å². The fourth-order valence-corrected chi connectivity index (χ4v) is 2.40. The van der Waals surface area contributed by atoms with Gasteiger partial charge in [0.25, 0.3) is 0 Å². The Morgan fingerprint density at radius 3 is 2.73 bits per heavy atom. The maximum atomic E-state index is 9.28. The molecule has 0 amide bonds. The van der Waals surface area contributed by atoms with Crippen molar-refractivity contribution in [3.8, 4) is 0 Å². The van der Waals surface area contributed by atoms with Crippen molar-refractivity contribution in [1.82, 2.24) is 10.2 Å². The topological polar surface area (TPSA) is 35.5 Å². The second-order valence-corrected chi connectivity index (χ2v) is 5.21. The molecule has 0 radical (unpaired) electrons. The van der Waals surface area contributed by atoms with Crippen molar-refractivity contribution >= 4 is 0 Å². The van der Waals surface area contributed by atoms with Crippen LogP contribution >= 0.6 is 0 Å². The van der Waals surface area contributed by atoms with E-state index in [0.717, 1.165) is 12.5 Å². The second-order valence-electron chi connectivity index (χ2n) is 5.21. The summed E-state index contributed by atoms with van der Waals surface area (Å²) in [6.07, 6.45) is 2.67. The van der Waals surface area contributed by atoms with E-state index in [9.17, 15) is 5.11 Å². The third-order valence-electron chi connectivity index (χ3n) is 3.01. The van der Waals surface area contributed by atoms with Gasteiger partial charge in [-0.2, -0.15) is 0 Å². The highest BCUT2D eigenvalue weighted by atomic mass is 16.3. The lowest BCUT2D eigenvalue weighted by Gasteiger charge is -2.34. The van der Waals surface area contributed by atoms with Crippen LogP contribution in [0.15, 0.2) is 0 Å². The van der Waals surface area contributed by atoms with Crippen molar-refractivity contribution in [3.05, 3.63) is 0 Å². The number of rotatable bonds is 5. The van der Waals surface area contributed by atoms with E-state index in [0.29, 0.717) is 6.04 Å². The number of likely N-dealkylation sites (tertiary alicyclic amines) is 1. The van der Waals surface area contributed by atoms with Gasteiger partial charge in [-0.1, -0.05) is 20.8 Å². The number of nitrogens with one attached hydrogen (secondary N) is 1. The first-order valence-corrected chi connectivity index (χ1v) is 6.21. The Labute approximate surface area is 93.9 Å². The third kappa shape index (κ3) is 4.96. The molecule has 0 bridgehead atoms. The van der Waals surface area contributed by atoms with Crippen LogP contribution in [0, 0.1) is 5.92 Å². The third-order valence-corrected chi connectivity index (χ3v) is 3.01. The van der Waals surface area contributed by atoms with E-state index in [4.69, 9.17) is 0 Å². The molecule has 2 unspecified atom stereocenters. The van der Waals surface area contributed by atoms with E-state index in [2.05, 4.69) is 31.0 Å². The van der Waals surface area contributed by atoms with Crippen LogP contribution in [0.5, 0.6) is 0 Å². The molecule has 1 aliphatic rings. The molecular weight excluding hydrogens is 188 g/mol. The van der Waals surface area contributed by atoms with Crippen molar-refractivity contribution in [3.63, 3.8) is 0 Å². The highest BCUT2D eigenvalue weighted by Crippen LogP contribution is 2.15. The Kier molecular flexibility index (Phi) is 5.58. The number of aliphatic hydroxyl groups is 1. The lowest BCUT2D eigenvalue weighted by molar-refractivity contribution is 0.137. The normalized spacial score (nSPS) is 25.8. The maximum Gasteiger partial charge on any atom is 0.0597 e. The predicted octanol–water partition coefficient (Wildman–Crippen LogP) is 1.08. The van der Waals surface area contributed by atoms with Gasteiger partial charge in [0, 0.05) is 25.2 Å². The molecule has 0 saturated carbocycles. The number of piperidine rings is 1. The molecule has 90 valence electrons. The molecule has 0 spiro atoms. The smallest absolute Gasteiger partial charge is 0.0597 e. The Morgan fingerprint density at radius 2 is 2.20 bits per heavy atom. The zero-order valence-electron chi connectivity index (χ0n) is 10.4. The first kappa shape index (κ1) is 12.9. The Bertz CT molecular complexity index is 171. The first-order valence-electron chi connectivity index (χ1n) is 6.21. The minimum Gasteiger partial charge on any atom is -0.395 e. The molecule has 1 fully saturated rings. The van der Waals surface area contributed by atoms with Crippen LogP contribution in [0.1, 0.15) is 33.6 Å². The fraction of sp³-hybridized carbons (Fsp3) is 1.00. The zero-order valence-corrected chi connectivity index (χ0v) is 10.4. The number of aliphatic hydroxyl groups excluding tert-OH is 1. The fourth-order valence-electron chi connectivity index (χ4n) is 2.40. The molecule has 1 aliphatic heterocycles. The van der Waals surface area contributed by atoms with Crippen molar-refractivity contribution in [1.29, 1.82) is 0 Å². The summed E-state index contributed by atoms with van der Waals surface area (Å²) in [5.41, 5.74) is 0. The maximum absolute atomic E-state index is 9.28. The molecule has 2 N–H and O–H groups in total. The summed E-state index contributed by atoms with van der Waals surface area (Å²) in [6, 6.07) is 0.680. The van der Waals surface area contributed by atoms with Crippen molar-refractivity contribution in [2.24, 2.45) is 5.92 Å². The summed E-state index contributed by atoms with van der Waals surface area (Å²) in [7, 11) is 0. The van der Waals surface area contributed by atoms with Gasteiger partial charge < -0.3 is 15.3 Å². The quantitative estimate of drug-likeness (QED) is 0.719. The number of nitrogens with zero attached hydrogens (tertiary/aromatic N) is 1. The van der Waals surface area contributed by atoms with E-state index >= 15 is 0 Å². The molecule has 3 nitrogen and oxygen atoms in total. The molecule has 3 heteroatoms. The predicted molar refractivity (Wildman–Crippen MR) is 64.0 cm³/mol. The van der Waals surface area contributed by atoms with Crippen LogP contribution in [-0.2, 0) is 0 Å². The van der Waals surface area contributed by atoms with Gasteiger partial charge >= 0.3 is 0 Å². The standard InChI is InChI=1S/C12H26N2O/c1-10(2)13-12(9-15)8-14-6-4-5-11(3)7-14/h10-13,15H,4-9H2,1-3H3. The highest BCUT2D eigenvalue weighted by molar-refractivity contribution is 4.77. The highest BCUT2D eigenvalue weighted by Gasteiger charge is 2.19. The van der Waals surface area contributed by atoms with Crippen LogP contribution in [0.4, 0.5) is 0 Å².